The van der Waals surface area contributed by atoms with Crippen LogP contribution >= 0.6 is 11.3 Å². The number of rotatable bonds is 5. The molecule has 2 heterocycles. The maximum atomic E-state index is 13.3. The first-order valence-electron chi connectivity index (χ1n) is 8.53. The summed E-state index contributed by atoms with van der Waals surface area (Å²) in [7, 11) is 0. The number of alkyl carbamates (subject to hydrolysis) is 1. The lowest BCUT2D eigenvalue weighted by molar-refractivity contribution is -0.118. The van der Waals surface area contributed by atoms with E-state index < -0.39 is 23.6 Å². The van der Waals surface area contributed by atoms with Gasteiger partial charge in [0.15, 0.2) is 5.13 Å². The van der Waals surface area contributed by atoms with Gasteiger partial charge in [0.2, 0.25) is 5.91 Å². The Balaban J connectivity index is 1.75. The van der Waals surface area contributed by atoms with Gasteiger partial charge in [-0.1, -0.05) is 11.3 Å². The molecule has 28 heavy (non-hydrogen) atoms. The Kier molecular flexibility index (Phi) is 5.59. The van der Waals surface area contributed by atoms with E-state index in [2.05, 4.69) is 25.6 Å². The van der Waals surface area contributed by atoms with Crippen LogP contribution in [0.1, 0.15) is 26.5 Å². The second-order valence-corrected chi connectivity index (χ2v) is 8.13. The number of aromatic amines is 1. The molecule has 2 aromatic heterocycles. The van der Waals surface area contributed by atoms with Crippen LogP contribution in [0.15, 0.2) is 30.7 Å². The van der Waals surface area contributed by atoms with Crippen LogP contribution in [0.25, 0.3) is 10.2 Å². The third kappa shape index (κ3) is 5.26. The predicted octanol–water partition coefficient (Wildman–Crippen LogP) is 3.23. The Morgan fingerprint density at radius 1 is 1.36 bits per heavy atom. The highest BCUT2D eigenvalue weighted by molar-refractivity contribution is 7.22. The number of benzene rings is 1. The number of imidazole rings is 1. The molecule has 0 bridgehead atoms. The predicted molar refractivity (Wildman–Crippen MR) is 104 cm³/mol. The molecular weight excluding hydrogens is 385 g/mol. The number of carbonyl (C=O) groups is 2. The van der Waals surface area contributed by atoms with E-state index in [1.54, 1.807) is 27.0 Å². The van der Waals surface area contributed by atoms with E-state index in [-0.39, 0.29) is 12.2 Å². The van der Waals surface area contributed by atoms with Gasteiger partial charge in [-0.2, -0.15) is 0 Å². The molecule has 0 aliphatic carbocycles. The molecule has 148 valence electrons. The number of ether oxygens (including phenoxy) is 1. The number of carbonyl (C=O) groups excluding carboxylic acids is 2. The molecule has 8 nitrogen and oxygen atoms in total. The summed E-state index contributed by atoms with van der Waals surface area (Å²) in [6.45, 7) is 5.20. The second-order valence-electron chi connectivity index (χ2n) is 7.10. The van der Waals surface area contributed by atoms with Crippen LogP contribution < -0.4 is 10.6 Å². The van der Waals surface area contributed by atoms with E-state index in [0.29, 0.717) is 21.0 Å². The van der Waals surface area contributed by atoms with Gasteiger partial charge in [-0.15, -0.1) is 0 Å². The molecule has 10 heteroatoms. The summed E-state index contributed by atoms with van der Waals surface area (Å²) in [5.41, 5.74) is 0.547. The SMILES string of the molecule is CC(C)(C)OC(=O)N[C@@H](Cc1cnc[nH]1)C(=O)Nc1nc2ccc(F)cc2s1. The van der Waals surface area contributed by atoms with E-state index in [1.807, 2.05) is 0 Å². The summed E-state index contributed by atoms with van der Waals surface area (Å²) in [5.74, 6) is -0.849. The molecule has 1 atom stereocenters. The van der Waals surface area contributed by atoms with E-state index in [1.165, 1.54) is 24.5 Å². The van der Waals surface area contributed by atoms with Crippen LogP contribution in [-0.4, -0.2) is 38.6 Å². The lowest BCUT2D eigenvalue weighted by Gasteiger charge is -2.22. The lowest BCUT2D eigenvalue weighted by atomic mass is 10.1. The number of nitrogens with zero attached hydrogens (tertiary/aromatic N) is 2. The van der Waals surface area contributed by atoms with Crippen molar-refractivity contribution in [3.05, 3.63) is 42.2 Å². The van der Waals surface area contributed by atoms with Gasteiger partial charge in [-0.05, 0) is 39.0 Å². The van der Waals surface area contributed by atoms with Gasteiger partial charge < -0.3 is 20.4 Å². The highest BCUT2D eigenvalue weighted by Gasteiger charge is 2.26. The van der Waals surface area contributed by atoms with Crippen LogP contribution in [0, 0.1) is 5.82 Å². The maximum absolute atomic E-state index is 13.3. The number of anilines is 1. The molecule has 0 fully saturated rings. The van der Waals surface area contributed by atoms with Crippen molar-refractivity contribution in [2.24, 2.45) is 0 Å². The average molecular weight is 405 g/mol. The Hall–Kier alpha value is -3.01. The Bertz CT molecular complexity index is 981. The number of hydrogen-bond acceptors (Lipinski definition) is 6. The average Bonchev–Trinajstić information content (AvgIpc) is 3.21. The summed E-state index contributed by atoms with van der Waals surface area (Å²) in [6.07, 6.45) is 2.53. The summed E-state index contributed by atoms with van der Waals surface area (Å²) in [6, 6.07) is 3.28. The zero-order valence-electron chi connectivity index (χ0n) is 15.6. The fourth-order valence-electron chi connectivity index (χ4n) is 2.42. The van der Waals surface area contributed by atoms with Gasteiger partial charge in [0, 0.05) is 18.3 Å². The largest absolute Gasteiger partial charge is 0.444 e. The van der Waals surface area contributed by atoms with Crippen molar-refractivity contribution < 1.29 is 18.7 Å². The van der Waals surface area contributed by atoms with Crippen molar-refractivity contribution in [3.8, 4) is 0 Å². The summed E-state index contributed by atoms with van der Waals surface area (Å²) in [5, 5.41) is 5.55. The van der Waals surface area contributed by atoms with Gasteiger partial charge >= 0.3 is 6.09 Å². The standard InChI is InChI=1S/C18H20FN5O3S/c1-18(2,3)27-17(26)23-13(7-11-8-20-9-21-11)15(25)24-16-22-12-5-4-10(19)6-14(12)28-16/h4-6,8-9,13H,7H2,1-3H3,(H,20,21)(H,23,26)(H,22,24,25)/t13-/m0/s1. The van der Waals surface area contributed by atoms with Gasteiger partial charge in [0.05, 0.1) is 16.5 Å². The third-order valence-corrected chi connectivity index (χ3v) is 4.50. The van der Waals surface area contributed by atoms with E-state index in [9.17, 15) is 14.0 Å². The summed E-state index contributed by atoms with van der Waals surface area (Å²) in [4.78, 5) is 36.0. The number of H-pyrrole nitrogens is 1. The van der Waals surface area contributed by atoms with Crippen LogP contribution in [-0.2, 0) is 16.0 Å². The Labute approximate surface area is 164 Å². The van der Waals surface area contributed by atoms with Crippen molar-refractivity contribution in [2.75, 3.05) is 5.32 Å². The minimum absolute atomic E-state index is 0.185. The monoisotopic (exact) mass is 405 g/mol. The lowest BCUT2D eigenvalue weighted by Crippen LogP contribution is -2.47. The van der Waals surface area contributed by atoms with Crippen molar-refractivity contribution in [3.63, 3.8) is 0 Å². The molecule has 0 spiro atoms. The molecule has 0 saturated carbocycles. The number of amides is 2. The molecule has 1 aromatic carbocycles. The molecule has 3 N–H and O–H groups in total. The minimum atomic E-state index is -0.918. The molecule has 0 aliphatic heterocycles. The quantitative estimate of drug-likeness (QED) is 0.604. The van der Waals surface area contributed by atoms with Crippen molar-refractivity contribution in [2.45, 2.75) is 38.8 Å². The number of hydrogen-bond donors (Lipinski definition) is 3. The van der Waals surface area contributed by atoms with E-state index in [0.717, 1.165) is 11.3 Å². The third-order valence-electron chi connectivity index (χ3n) is 3.57. The first kappa shape index (κ1) is 19.7. The summed E-state index contributed by atoms with van der Waals surface area (Å²) >= 11 is 1.15. The summed E-state index contributed by atoms with van der Waals surface area (Å²) < 4.78 is 19.2. The van der Waals surface area contributed by atoms with Crippen LogP contribution in [0.3, 0.4) is 0 Å². The molecule has 2 amide bonds. The molecule has 3 aromatic rings. The molecular formula is C18H20FN5O3S. The zero-order chi connectivity index (χ0) is 20.3. The smallest absolute Gasteiger partial charge is 0.408 e. The number of thiazole rings is 1. The molecule has 0 unspecified atom stereocenters. The van der Waals surface area contributed by atoms with Crippen LogP contribution in [0.2, 0.25) is 0 Å². The minimum Gasteiger partial charge on any atom is -0.444 e. The van der Waals surface area contributed by atoms with Crippen LogP contribution in [0.5, 0.6) is 0 Å². The fourth-order valence-corrected chi connectivity index (χ4v) is 3.31. The first-order valence-corrected chi connectivity index (χ1v) is 9.35. The van der Waals surface area contributed by atoms with Gasteiger partial charge in [0.25, 0.3) is 0 Å². The highest BCUT2D eigenvalue weighted by Crippen LogP contribution is 2.26. The molecule has 0 saturated heterocycles. The molecule has 0 radical (unpaired) electrons. The Morgan fingerprint density at radius 3 is 2.82 bits per heavy atom. The maximum Gasteiger partial charge on any atom is 0.408 e. The normalized spacial score (nSPS) is 12.6. The Morgan fingerprint density at radius 2 is 2.14 bits per heavy atom. The van der Waals surface area contributed by atoms with Crippen molar-refractivity contribution >= 4 is 38.7 Å². The fraction of sp³-hybridized carbons (Fsp3) is 0.333. The first-order chi connectivity index (χ1) is 13.2. The van der Waals surface area contributed by atoms with E-state index >= 15 is 0 Å². The topological polar surface area (TPSA) is 109 Å². The molecule has 3 rings (SSSR count). The van der Waals surface area contributed by atoms with E-state index in [4.69, 9.17) is 4.74 Å². The van der Waals surface area contributed by atoms with Gasteiger partial charge in [-0.25, -0.2) is 19.2 Å². The second kappa shape index (κ2) is 7.93. The number of fused-ring (bicyclic) bond motifs is 1. The van der Waals surface area contributed by atoms with Crippen molar-refractivity contribution in [1.82, 2.24) is 20.3 Å². The highest BCUT2D eigenvalue weighted by atomic mass is 32.1. The van der Waals surface area contributed by atoms with Crippen LogP contribution in [0.4, 0.5) is 14.3 Å². The van der Waals surface area contributed by atoms with Gasteiger partial charge in [-0.3, -0.25) is 4.79 Å². The number of nitrogens with one attached hydrogen (secondary N) is 3. The van der Waals surface area contributed by atoms with Crippen molar-refractivity contribution in [1.29, 1.82) is 0 Å². The molecule has 0 aliphatic rings. The number of aromatic nitrogens is 3. The number of halogens is 1. The van der Waals surface area contributed by atoms with Gasteiger partial charge in [0.1, 0.15) is 17.5 Å². The zero-order valence-corrected chi connectivity index (χ0v) is 16.4.